The minimum Gasteiger partial charge on any atom is -0.388 e. The van der Waals surface area contributed by atoms with Crippen LogP contribution in [0.2, 0.25) is 0 Å². The third kappa shape index (κ3) is 5.29. The van der Waals surface area contributed by atoms with Crippen molar-refractivity contribution in [3.05, 3.63) is 29.8 Å². The fourth-order valence-corrected chi connectivity index (χ4v) is 6.89. The number of anilines is 1. The summed E-state index contributed by atoms with van der Waals surface area (Å²) >= 11 is 0. The molecule has 0 aromatic heterocycles. The van der Waals surface area contributed by atoms with Crippen molar-refractivity contribution < 1.29 is 18.0 Å². The van der Waals surface area contributed by atoms with E-state index in [2.05, 4.69) is 16.7 Å². The van der Waals surface area contributed by atoms with E-state index in [4.69, 9.17) is 5.26 Å². The van der Waals surface area contributed by atoms with E-state index >= 15 is 0 Å². The summed E-state index contributed by atoms with van der Waals surface area (Å²) in [6, 6.07) is 9.17. The molecule has 3 aliphatic heterocycles. The number of nitrogens with one attached hydrogen (secondary N) is 2. The number of carbonyl (C=O) groups excluding carboxylic acids is 2. The Morgan fingerprint density at radius 2 is 1.74 bits per heavy atom. The minimum absolute atomic E-state index is 0.119. The first kappa shape index (κ1) is 25.4. The van der Waals surface area contributed by atoms with Crippen LogP contribution < -0.4 is 10.6 Å². The third-order valence-corrected chi connectivity index (χ3v) is 9.25. The molecule has 1 aromatic carbocycles. The van der Waals surface area contributed by atoms with Gasteiger partial charge in [0, 0.05) is 45.5 Å². The van der Waals surface area contributed by atoms with Crippen LogP contribution in [0.5, 0.6) is 0 Å². The molecule has 0 saturated carbocycles. The lowest BCUT2D eigenvalue weighted by atomic mass is 9.97. The van der Waals surface area contributed by atoms with Gasteiger partial charge in [-0.3, -0.25) is 9.59 Å². The molecule has 0 aliphatic carbocycles. The second-order valence-electron chi connectivity index (χ2n) is 9.64. The molecule has 10 nitrogen and oxygen atoms in total. The van der Waals surface area contributed by atoms with Crippen molar-refractivity contribution in [2.45, 2.75) is 44.7 Å². The van der Waals surface area contributed by atoms with Crippen molar-refractivity contribution in [1.29, 1.82) is 5.26 Å². The van der Waals surface area contributed by atoms with E-state index in [1.54, 1.807) is 4.90 Å². The standard InChI is InChI=1S/C24H34N6O4S/c1-17(19-7-9-21(26-2)10-8-19)27-23(31)22-6-4-12-30(22)24(32)20-5-3-11-28(16-20)35(33,34)29-14-18(13-25)15-29/h7-10,17-18,20,22,26H,3-6,11-12,14-16H2,1-2H3,(H,27,31)/t17-,20+,22-/m1/s1. The molecule has 3 fully saturated rings. The highest BCUT2D eigenvalue weighted by Gasteiger charge is 2.44. The van der Waals surface area contributed by atoms with Gasteiger partial charge in [-0.05, 0) is 50.3 Å². The Balaban J connectivity index is 1.37. The van der Waals surface area contributed by atoms with Crippen LogP contribution in [0.15, 0.2) is 24.3 Å². The SMILES string of the molecule is CNc1ccc([C@@H](C)NC(=O)[C@H]2CCCN2C(=O)[C@H]2CCCN(S(=O)(=O)N3CC(C#N)C3)C2)cc1. The molecule has 0 bridgehead atoms. The number of hydrogen-bond donors (Lipinski definition) is 2. The molecule has 0 radical (unpaired) electrons. The lowest BCUT2D eigenvalue weighted by molar-refractivity contribution is -0.142. The maximum atomic E-state index is 13.4. The summed E-state index contributed by atoms with van der Waals surface area (Å²) in [5.74, 6) is -1.05. The number of piperidine rings is 1. The van der Waals surface area contributed by atoms with E-state index in [1.807, 2.05) is 38.2 Å². The van der Waals surface area contributed by atoms with E-state index < -0.39 is 22.2 Å². The van der Waals surface area contributed by atoms with Gasteiger partial charge in [-0.15, -0.1) is 0 Å². The molecule has 2 amide bonds. The Bertz CT molecular complexity index is 1080. The molecule has 3 atom stereocenters. The third-order valence-electron chi connectivity index (χ3n) is 7.31. The van der Waals surface area contributed by atoms with Crippen molar-refractivity contribution in [3.63, 3.8) is 0 Å². The van der Waals surface area contributed by atoms with Gasteiger partial charge in [0.15, 0.2) is 0 Å². The van der Waals surface area contributed by atoms with Crippen molar-refractivity contribution >= 4 is 27.7 Å². The molecule has 0 spiro atoms. The maximum absolute atomic E-state index is 13.4. The average molecular weight is 503 g/mol. The number of amides is 2. The predicted molar refractivity (Wildman–Crippen MR) is 131 cm³/mol. The zero-order valence-electron chi connectivity index (χ0n) is 20.3. The summed E-state index contributed by atoms with van der Waals surface area (Å²) in [5, 5.41) is 15.1. The Morgan fingerprint density at radius 1 is 1.06 bits per heavy atom. The molecule has 3 aliphatic rings. The Morgan fingerprint density at radius 3 is 2.40 bits per heavy atom. The number of carbonyl (C=O) groups is 2. The van der Waals surface area contributed by atoms with Crippen molar-refractivity contribution in [2.75, 3.05) is 45.1 Å². The van der Waals surface area contributed by atoms with E-state index in [0.717, 1.165) is 17.7 Å². The topological polar surface area (TPSA) is 126 Å². The van der Waals surface area contributed by atoms with Crippen LogP contribution >= 0.6 is 0 Å². The number of nitrogens with zero attached hydrogens (tertiary/aromatic N) is 4. The first-order valence-electron chi connectivity index (χ1n) is 12.3. The zero-order chi connectivity index (χ0) is 25.2. The van der Waals surface area contributed by atoms with E-state index in [-0.39, 0.29) is 43.4 Å². The highest BCUT2D eigenvalue weighted by atomic mass is 32.2. The van der Waals surface area contributed by atoms with Gasteiger partial charge in [-0.25, -0.2) is 0 Å². The molecule has 3 saturated heterocycles. The molecule has 0 unspecified atom stereocenters. The second-order valence-corrected chi connectivity index (χ2v) is 11.6. The molecule has 3 heterocycles. The monoisotopic (exact) mass is 502 g/mol. The smallest absolute Gasteiger partial charge is 0.282 e. The Labute approximate surface area is 207 Å². The number of hydrogen-bond acceptors (Lipinski definition) is 6. The molecule has 190 valence electrons. The summed E-state index contributed by atoms with van der Waals surface area (Å²) in [6.45, 7) is 3.32. The summed E-state index contributed by atoms with van der Waals surface area (Å²) in [6.07, 6.45) is 2.54. The molecule has 11 heteroatoms. The first-order valence-corrected chi connectivity index (χ1v) is 13.7. The second kappa shape index (κ2) is 10.5. The Kier molecular flexibility index (Phi) is 7.64. The van der Waals surface area contributed by atoms with Crippen LogP contribution in [0.1, 0.15) is 44.2 Å². The van der Waals surface area contributed by atoms with Gasteiger partial charge in [0.05, 0.1) is 23.9 Å². The largest absolute Gasteiger partial charge is 0.388 e. The van der Waals surface area contributed by atoms with Crippen LogP contribution in [0, 0.1) is 23.2 Å². The zero-order valence-corrected chi connectivity index (χ0v) is 21.1. The summed E-state index contributed by atoms with van der Waals surface area (Å²) in [5.41, 5.74) is 1.97. The molecular weight excluding hydrogens is 468 g/mol. The summed E-state index contributed by atoms with van der Waals surface area (Å²) < 4.78 is 28.6. The van der Waals surface area contributed by atoms with Crippen molar-refractivity contribution in [2.24, 2.45) is 11.8 Å². The lowest BCUT2D eigenvalue weighted by Gasteiger charge is -2.41. The number of rotatable bonds is 7. The van der Waals surface area contributed by atoms with Gasteiger partial charge in [0.1, 0.15) is 6.04 Å². The van der Waals surface area contributed by atoms with Gasteiger partial charge in [-0.2, -0.15) is 22.3 Å². The predicted octanol–water partition coefficient (Wildman–Crippen LogP) is 1.31. The summed E-state index contributed by atoms with van der Waals surface area (Å²) in [4.78, 5) is 28.2. The van der Waals surface area contributed by atoms with Gasteiger partial charge >= 0.3 is 0 Å². The average Bonchev–Trinajstić information content (AvgIpc) is 3.33. The summed E-state index contributed by atoms with van der Waals surface area (Å²) in [7, 11) is -1.83. The van der Waals surface area contributed by atoms with E-state index in [1.165, 1.54) is 8.61 Å². The van der Waals surface area contributed by atoms with Gasteiger partial charge in [-0.1, -0.05) is 12.1 Å². The first-order chi connectivity index (χ1) is 16.7. The molecule has 35 heavy (non-hydrogen) atoms. The fourth-order valence-electron chi connectivity index (χ4n) is 5.09. The van der Waals surface area contributed by atoms with Crippen molar-refractivity contribution in [3.8, 4) is 6.07 Å². The van der Waals surface area contributed by atoms with Crippen LogP contribution in [0.4, 0.5) is 5.69 Å². The number of benzene rings is 1. The molecular formula is C24H34N6O4S. The molecule has 2 N–H and O–H groups in total. The normalized spacial score (nSPS) is 24.9. The fraction of sp³-hybridized carbons (Fsp3) is 0.625. The van der Waals surface area contributed by atoms with Crippen LogP contribution in [-0.4, -0.2) is 79.6 Å². The van der Waals surface area contributed by atoms with Crippen molar-refractivity contribution in [1.82, 2.24) is 18.8 Å². The lowest BCUT2D eigenvalue weighted by Crippen LogP contribution is -2.57. The van der Waals surface area contributed by atoms with Crippen LogP contribution in [0.25, 0.3) is 0 Å². The minimum atomic E-state index is -3.68. The van der Waals surface area contributed by atoms with Crippen LogP contribution in [0.3, 0.4) is 0 Å². The van der Waals surface area contributed by atoms with E-state index in [9.17, 15) is 18.0 Å². The maximum Gasteiger partial charge on any atom is 0.282 e. The quantitative estimate of drug-likeness (QED) is 0.579. The van der Waals surface area contributed by atoms with Gasteiger partial charge < -0.3 is 15.5 Å². The number of nitriles is 1. The Hall–Kier alpha value is -2.68. The highest BCUT2D eigenvalue weighted by Crippen LogP contribution is 2.29. The van der Waals surface area contributed by atoms with Crippen LogP contribution in [-0.2, 0) is 19.8 Å². The van der Waals surface area contributed by atoms with Gasteiger partial charge in [0.25, 0.3) is 10.2 Å². The molecule has 4 rings (SSSR count). The number of likely N-dealkylation sites (tertiary alicyclic amines) is 1. The van der Waals surface area contributed by atoms with E-state index in [0.29, 0.717) is 32.4 Å². The molecule has 1 aromatic rings. The highest BCUT2D eigenvalue weighted by molar-refractivity contribution is 7.86. The van der Waals surface area contributed by atoms with Gasteiger partial charge in [0.2, 0.25) is 11.8 Å².